The number of amides is 1. The molecule has 0 unspecified atom stereocenters. The van der Waals surface area contributed by atoms with Crippen molar-refractivity contribution in [1.29, 1.82) is 0 Å². The Labute approximate surface area is 64.0 Å². The van der Waals surface area contributed by atoms with Crippen molar-refractivity contribution in [3.8, 4) is 0 Å². The Bertz CT molecular complexity index is 55.2. The molecule has 0 aliphatic rings. The molecule has 0 aliphatic carbocycles. The second kappa shape index (κ2) is 15.8. The number of nitrogens with one attached hydrogen (secondary N) is 1. The molecule has 10 heavy (non-hydrogen) atoms. The summed E-state index contributed by atoms with van der Waals surface area (Å²) in [5.41, 5.74) is 0. The van der Waals surface area contributed by atoms with E-state index < -0.39 is 0 Å². The number of unbranched alkanes of at least 4 members (excludes halogenated alkanes) is 2. The van der Waals surface area contributed by atoms with Crippen LogP contribution in [-0.4, -0.2) is 13.0 Å². The molecule has 0 aromatic carbocycles. The average Bonchev–Trinajstić information content (AvgIpc) is 2.02. The molecular weight excluding hydrogens is 126 g/mol. The van der Waals surface area contributed by atoms with Crippen molar-refractivity contribution in [2.75, 3.05) is 6.54 Å². The lowest BCUT2D eigenvalue weighted by Crippen LogP contribution is -2.11. The molecule has 62 valence electrons. The van der Waals surface area contributed by atoms with Crippen LogP contribution < -0.4 is 5.32 Å². The average molecular weight is 145 g/mol. The molecule has 0 saturated carbocycles. The van der Waals surface area contributed by atoms with Gasteiger partial charge in [0.05, 0.1) is 0 Å². The van der Waals surface area contributed by atoms with Gasteiger partial charge in [0.1, 0.15) is 0 Å². The topological polar surface area (TPSA) is 29.1 Å². The molecular formula is C8H19NO. The molecule has 0 aliphatic heterocycles. The zero-order chi connectivity index (χ0) is 8.24. The van der Waals surface area contributed by atoms with Crippen LogP contribution in [0.1, 0.15) is 40.0 Å². The van der Waals surface area contributed by atoms with Gasteiger partial charge in [0.2, 0.25) is 6.41 Å². The summed E-state index contributed by atoms with van der Waals surface area (Å²) in [5, 5.41) is 2.60. The van der Waals surface area contributed by atoms with E-state index in [0.717, 1.165) is 19.4 Å². The maximum absolute atomic E-state index is 9.66. The molecule has 0 rings (SSSR count). The van der Waals surface area contributed by atoms with Gasteiger partial charge in [-0.15, -0.1) is 0 Å². The fourth-order valence-electron chi connectivity index (χ4n) is 0.536. The molecule has 0 bridgehead atoms. The van der Waals surface area contributed by atoms with Crippen LogP contribution in [0.15, 0.2) is 0 Å². The van der Waals surface area contributed by atoms with Crippen molar-refractivity contribution in [2.24, 2.45) is 0 Å². The van der Waals surface area contributed by atoms with Gasteiger partial charge in [0.25, 0.3) is 0 Å². The summed E-state index contributed by atoms with van der Waals surface area (Å²) in [6, 6.07) is 0. The fraction of sp³-hybridized carbons (Fsp3) is 0.875. The molecule has 0 radical (unpaired) electrons. The van der Waals surface area contributed by atoms with Crippen molar-refractivity contribution in [2.45, 2.75) is 40.0 Å². The molecule has 0 aromatic heterocycles. The third-order valence-corrected chi connectivity index (χ3v) is 1.01. The maximum atomic E-state index is 9.66. The lowest BCUT2D eigenvalue weighted by Gasteiger charge is -1.93. The lowest BCUT2D eigenvalue weighted by molar-refractivity contribution is -0.109. The normalized spacial score (nSPS) is 7.50. The summed E-state index contributed by atoms with van der Waals surface area (Å²) in [6.45, 7) is 6.97. The predicted molar refractivity (Wildman–Crippen MR) is 44.9 cm³/mol. The maximum Gasteiger partial charge on any atom is 0.207 e. The van der Waals surface area contributed by atoms with Crippen LogP contribution in [0.3, 0.4) is 0 Å². The molecule has 2 heteroatoms. The smallest absolute Gasteiger partial charge is 0.207 e. The summed E-state index contributed by atoms with van der Waals surface area (Å²) in [4.78, 5) is 9.66. The minimum atomic E-state index is 0.746. The Morgan fingerprint density at radius 2 is 1.90 bits per heavy atom. The van der Waals surface area contributed by atoms with Gasteiger partial charge in [-0.2, -0.15) is 0 Å². The first-order valence-corrected chi connectivity index (χ1v) is 4.09. The zero-order valence-corrected chi connectivity index (χ0v) is 7.31. The van der Waals surface area contributed by atoms with Gasteiger partial charge in [-0.1, -0.05) is 33.6 Å². The second-order valence-corrected chi connectivity index (χ2v) is 1.78. The molecule has 2 nitrogen and oxygen atoms in total. The first-order valence-electron chi connectivity index (χ1n) is 4.09. The third-order valence-electron chi connectivity index (χ3n) is 1.01. The van der Waals surface area contributed by atoms with Crippen LogP contribution in [0.25, 0.3) is 0 Å². The van der Waals surface area contributed by atoms with Gasteiger partial charge in [-0.25, -0.2) is 0 Å². The predicted octanol–water partition coefficient (Wildman–Crippen LogP) is 1.95. The van der Waals surface area contributed by atoms with E-state index >= 15 is 0 Å². The number of hydrogen-bond acceptors (Lipinski definition) is 1. The lowest BCUT2D eigenvalue weighted by atomic mass is 10.2. The van der Waals surface area contributed by atoms with E-state index in [0.29, 0.717) is 0 Å². The van der Waals surface area contributed by atoms with Crippen LogP contribution >= 0.6 is 0 Å². The van der Waals surface area contributed by atoms with Gasteiger partial charge in [-0.05, 0) is 6.42 Å². The Morgan fingerprint density at radius 1 is 1.30 bits per heavy atom. The van der Waals surface area contributed by atoms with Crippen molar-refractivity contribution in [1.82, 2.24) is 5.32 Å². The summed E-state index contributed by atoms with van der Waals surface area (Å²) < 4.78 is 0. The second-order valence-electron chi connectivity index (χ2n) is 1.78. The van der Waals surface area contributed by atoms with Gasteiger partial charge < -0.3 is 5.32 Å². The highest BCUT2D eigenvalue weighted by Gasteiger charge is 1.81. The van der Waals surface area contributed by atoms with Crippen molar-refractivity contribution in [3.05, 3.63) is 0 Å². The van der Waals surface area contributed by atoms with Crippen molar-refractivity contribution < 1.29 is 4.79 Å². The molecule has 0 fully saturated rings. The highest BCUT2D eigenvalue weighted by Crippen LogP contribution is 1.89. The minimum absolute atomic E-state index is 0.746. The number of rotatable bonds is 5. The van der Waals surface area contributed by atoms with Crippen LogP contribution in [0.4, 0.5) is 0 Å². The van der Waals surface area contributed by atoms with E-state index in [1.54, 1.807) is 0 Å². The van der Waals surface area contributed by atoms with Gasteiger partial charge >= 0.3 is 0 Å². The Kier molecular flexibility index (Phi) is 19.2. The molecule has 0 atom stereocenters. The highest BCUT2D eigenvalue weighted by molar-refractivity contribution is 5.45. The molecule has 0 spiro atoms. The van der Waals surface area contributed by atoms with Gasteiger partial charge in [-0.3, -0.25) is 4.79 Å². The summed E-state index contributed by atoms with van der Waals surface area (Å²) in [7, 11) is 0. The number of carbonyl (C=O) groups is 1. The van der Waals surface area contributed by atoms with E-state index in [1.165, 1.54) is 12.8 Å². The Hall–Kier alpha value is -0.530. The molecule has 0 saturated heterocycles. The van der Waals surface area contributed by atoms with E-state index in [4.69, 9.17) is 0 Å². The van der Waals surface area contributed by atoms with Crippen LogP contribution in [-0.2, 0) is 4.79 Å². The Morgan fingerprint density at radius 3 is 2.30 bits per heavy atom. The minimum Gasteiger partial charge on any atom is -0.359 e. The quantitative estimate of drug-likeness (QED) is 0.465. The molecule has 1 amide bonds. The first-order chi connectivity index (χ1) is 4.91. The third kappa shape index (κ3) is 15.6. The summed E-state index contributed by atoms with van der Waals surface area (Å²) in [5.74, 6) is 0. The van der Waals surface area contributed by atoms with E-state index in [1.807, 2.05) is 13.8 Å². The zero-order valence-electron chi connectivity index (χ0n) is 7.31. The van der Waals surface area contributed by atoms with Crippen LogP contribution in [0, 0.1) is 0 Å². The summed E-state index contributed by atoms with van der Waals surface area (Å²) in [6.07, 6.45) is 4.27. The fourth-order valence-corrected chi connectivity index (χ4v) is 0.536. The standard InChI is InChI=1S/C6H13NO.C2H6/c1-2-3-4-5-7-6-8;1-2/h6H,2-5H2,1H3,(H,7,8);1-2H3. The van der Waals surface area contributed by atoms with Crippen molar-refractivity contribution in [3.63, 3.8) is 0 Å². The Balaban J connectivity index is 0. The van der Waals surface area contributed by atoms with Gasteiger partial charge in [0, 0.05) is 6.54 Å². The summed E-state index contributed by atoms with van der Waals surface area (Å²) >= 11 is 0. The van der Waals surface area contributed by atoms with E-state index in [2.05, 4.69) is 12.2 Å². The molecule has 0 heterocycles. The molecule has 1 N–H and O–H groups in total. The monoisotopic (exact) mass is 145 g/mol. The van der Waals surface area contributed by atoms with Crippen molar-refractivity contribution >= 4 is 6.41 Å². The van der Waals surface area contributed by atoms with E-state index in [9.17, 15) is 4.79 Å². The largest absolute Gasteiger partial charge is 0.359 e. The highest BCUT2D eigenvalue weighted by atomic mass is 16.1. The number of hydrogen-bond donors (Lipinski definition) is 1. The molecule has 0 aromatic rings. The van der Waals surface area contributed by atoms with Gasteiger partial charge in [0.15, 0.2) is 0 Å². The number of carbonyl (C=O) groups excluding carboxylic acids is 1. The van der Waals surface area contributed by atoms with Crippen LogP contribution in [0.2, 0.25) is 0 Å². The SMILES string of the molecule is CC.CCCCCNC=O. The first kappa shape index (κ1) is 12.2. The van der Waals surface area contributed by atoms with Crippen LogP contribution in [0.5, 0.6) is 0 Å². The van der Waals surface area contributed by atoms with E-state index in [-0.39, 0.29) is 0 Å².